The molecule has 0 bridgehead atoms. The van der Waals surface area contributed by atoms with Gasteiger partial charge in [-0.05, 0) is 30.5 Å². The Balaban J connectivity index is 2.16. The summed E-state index contributed by atoms with van der Waals surface area (Å²) in [4.78, 5) is 21.5. The molecule has 0 amide bonds. The number of hydrogen-bond acceptors (Lipinski definition) is 4. The molecule has 0 saturated heterocycles. The highest BCUT2D eigenvalue weighted by Gasteiger charge is 2.31. The van der Waals surface area contributed by atoms with Gasteiger partial charge in [0.2, 0.25) is 0 Å². The van der Waals surface area contributed by atoms with Gasteiger partial charge in [0.1, 0.15) is 5.78 Å². The van der Waals surface area contributed by atoms with Crippen LogP contribution in [0.15, 0.2) is 24.3 Å². The van der Waals surface area contributed by atoms with E-state index < -0.39 is 11.0 Å². The SMILES string of the molecule is O=C1CCCC1[C@H](O)c1ccc([N+](=O)[O-])cc1. The maximum atomic E-state index is 11.5. The average Bonchev–Trinajstić information content (AvgIpc) is 2.74. The first-order valence-electron chi connectivity index (χ1n) is 5.54. The number of nitro groups is 1. The first-order valence-corrected chi connectivity index (χ1v) is 5.54. The number of ketones is 1. The molecule has 1 fully saturated rings. The van der Waals surface area contributed by atoms with Gasteiger partial charge in [-0.15, -0.1) is 0 Å². The Bertz CT molecular complexity index is 440. The molecule has 2 atom stereocenters. The summed E-state index contributed by atoms with van der Waals surface area (Å²) < 4.78 is 0. The second kappa shape index (κ2) is 4.63. The lowest BCUT2D eigenvalue weighted by Gasteiger charge is -2.16. The highest BCUT2D eigenvalue weighted by molar-refractivity contribution is 5.83. The third kappa shape index (κ3) is 2.34. The van der Waals surface area contributed by atoms with Crippen LogP contribution in [0.5, 0.6) is 0 Å². The van der Waals surface area contributed by atoms with Gasteiger partial charge in [-0.2, -0.15) is 0 Å². The number of carbonyl (C=O) groups excluding carboxylic acids is 1. The van der Waals surface area contributed by atoms with E-state index in [9.17, 15) is 20.0 Å². The normalized spacial score (nSPS) is 21.5. The van der Waals surface area contributed by atoms with Crippen LogP contribution in [0, 0.1) is 16.0 Å². The van der Waals surface area contributed by atoms with Gasteiger partial charge < -0.3 is 5.11 Å². The quantitative estimate of drug-likeness (QED) is 0.641. The van der Waals surface area contributed by atoms with Crippen molar-refractivity contribution in [2.24, 2.45) is 5.92 Å². The number of Topliss-reactive ketones (excluding diaryl/α,β-unsaturated/α-hetero) is 1. The zero-order valence-corrected chi connectivity index (χ0v) is 9.20. The fourth-order valence-corrected chi connectivity index (χ4v) is 2.20. The summed E-state index contributed by atoms with van der Waals surface area (Å²) in [6.45, 7) is 0. The highest BCUT2D eigenvalue weighted by Crippen LogP contribution is 2.33. The molecule has 0 spiro atoms. The predicted molar refractivity (Wildman–Crippen MR) is 60.4 cm³/mol. The number of aliphatic hydroxyl groups is 1. The molecule has 0 aliphatic heterocycles. The van der Waals surface area contributed by atoms with Gasteiger partial charge in [0.05, 0.1) is 11.0 Å². The van der Waals surface area contributed by atoms with Gasteiger partial charge in [-0.3, -0.25) is 14.9 Å². The van der Waals surface area contributed by atoms with E-state index in [1.165, 1.54) is 24.3 Å². The first kappa shape index (κ1) is 11.7. The molecule has 0 aromatic heterocycles. The Labute approximate surface area is 98.2 Å². The van der Waals surface area contributed by atoms with Gasteiger partial charge in [0.15, 0.2) is 0 Å². The van der Waals surface area contributed by atoms with Gasteiger partial charge in [-0.25, -0.2) is 0 Å². The van der Waals surface area contributed by atoms with Crippen LogP contribution in [0.25, 0.3) is 0 Å². The summed E-state index contributed by atoms with van der Waals surface area (Å²) in [5, 5.41) is 20.5. The van der Waals surface area contributed by atoms with Crippen molar-refractivity contribution in [1.82, 2.24) is 0 Å². The molecule has 1 aliphatic rings. The minimum Gasteiger partial charge on any atom is -0.388 e. The summed E-state index contributed by atoms with van der Waals surface area (Å²) in [6, 6.07) is 5.71. The Hall–Kier alpha value is -1.75. The minimum atomic E-state index is -0.842. The lowest BCUT2D eigenvalue weighted by atomic mass is 9.93. The van der Waals surface area contributed by atoms with Crippen molar-refractivity contribution in [2.45, 2.75) is 25.4 Å². The monoisotopic (exact) mass is 235 g/mol. The van der Waals surface area contributed by atoms with E-state index >= 15 is 0 Å². The van der Waals surface area contributed by atoms with Gasteiger partial charge >= 0.3 is 0 Å². The van der Waals surface area contributed by atoms with E-state index in [0.29, 0.717) is 18.4 Å². The summed E-state index contributed by atoms with van der Waals surface area (Å²) >= 11 is 0. The van der Waals surface area contributed by atoms with Crippen LogP contribution < -0.4 is 0 Å². The third-order valence-corrected chi connectivity index (χ3v) is 3.18. The molecule has 1 aliphatic carbocycles. The lowest BCUT2D eigenvalue weighted by molar-refractivity contribution is -0.384. The van der Waals surface area contributed by atoms with Crippen molar-refractivity contribution in [3.63, 3.8) is 0 Å². The second-order valence-corrected chi connectivity index (χ2v) is 4.26. The molecule has 90 valence electrons. The van der Waals surface area contributed by atoms with Crippen LogP contribution >= 0.6 is 0 Å². The minimum absolute atomic E-state index is 0.0151. The van der Waals surface area contributed by atoms with Crippen molar-refractivity contribution in [1.29, 1.82) is 0 Å². The van der Waals surface area contributed by atoms with E-state index in [-0.39, 0.29) is 17.4 Å². The molecule has 17 heavy (non-hydrogen) atoms. The van der Waals surface area contributed by atoms with Crippen molar-refractivity contribution >= 4 is 11.5 Å². The van der Waals surface area contributed by atoms with Crippen LogP contribution in [0.3, 0.4) is 0 Å². The standard InChI is InChI=1S/C12H13NO4/c14-11-3-1-2-10(11)12(15)8-4-6-9(7-5-8)13(16)17/h4-7,10,12,15H,1-3H2/t10?,12-/m1/s1. The Kier molecular flexibility index (Phi) is 3.19. The van der Waals surface area contributed by atoms with Crippen molar-refractivity contribution in [3.05, 3.63) is 39.9 Å². The van der Waals surface area contributed by atoms with Crippen LogP contribution in [-0.2, 0) is 4.79 Å². The van der Waals surface area contributed by atoms with E-state index in [2.05, 4.69) is 0 Å². The summed E-state index contributed by atoms with van der Waals surface area (Å²) in [5.41, 5.74) is 0.551. The third-order valence-electron chi connectivity index (χ3n) is 3.18. The maximum Gasteiger partial charge on any atom is 0.269 e. The zero-order valence-electron chi connectivity index (χ0n) is 9.20. The molecule has 1 aromatic rings. The molecule has 1 unspecified atom stereocenters. The number of nitrogens with zero attached hydrogens (tertiary/aromatic N) is 1. The second-order valence-electron chi connectivity index (χ2n) is 4.26. The van der Waals surface area contributed by atoms with Crippen LogP contribution in [-0.4, -0.2) is 15.8 Å². The zero-order chi connectivity index (χ0) is 12.4. The van der Waals surface area contributed by atoms with Crippen LogP contribution in [0.4, 0.5) is 5.69 Å². The molecule has 5 nitrogen and oxygen atoms in total. The molecule has 2 rings (SSSR count). The number of hydrogen-bond donors (Lipinski definition) is 1. The Morgan fingerprint density at radius 3 is 2.47 bits per heavy atom. The molecule has 1 saturated carbocycles. The summed E-state index contributed by atoms with van der Waals surface area (Å²) in [5.74, 6) is -0.271. The number of carbonyl (C=O) groups is 1. The van der Waals surface area contributed by atoms with E-state index in [1.807, 2.05) is 0 Å². The maximum absolute atomic E-state index is 11.5. The van der Waals surface area contributed by atoms with Gasteiger partial charge in [-0.1, -0.05) is 0 Å². The molecule has 0 radical (unpaired) electrons. The van der Waals surface area contributed by atoms with Crippen molar-refractivity contribution in [2.75, 3.05) is 0 Å². The summed E-state index contributed by atoms with van der Waals surface area (Å²) in [6.07, 6.45) is 1.19. The number of aliphatic hydroxyl groups excluding tert-OH is 1. The highest BCUT2D eigenvalue weighted by atomic mass is 16.6. The predicted octanol–water partition coefficient (Wildman–Crippen LogP) is 2.00. The topological polar surface area (TPSA) is 80.4 Å². The number of non-ortho nitro benzene ring substituents is 1. The molecular formula is C12H13NO4. The molecular weight excluding hydrogens is 222 g/mol. The fourth-order valence-electron chi connectivity index (χ4n) is 2.20. The molecule has 1 N–H and O–H groups in total. The Morgan fingerprint density at radius 2 is 2.00 bits per heavy atom. The number of nitro benzene ring substituents is 1. The molecule has 0 heterocycles. The van der Waals surface area contributed by atoms with E-state index in [4.69, 9.17) is 0 Å². The van der Waals surface area contributed by atoms with Crippen LogP contribution in [0.1, 0.15) is 30.9 Å². The van der Waals surface area contributed by atoms with E-state index in [0.717, 1.165) is 6.42 Å². The van der Waals surface area contributed by atoms with Crippen molar-refractivity contribution in [3.8, 4) is 0 Å². The number of benzene rings is 1. The smallest absolute Gasteiger partial charge is 0.269 e. The fraction of sp³-hybridized carbons (Fsp3) is 0.417. The Morgan fingerprint density at radius 1 is 1.35 bits per heavy atom. The van der Waals surface area contributed by atoms with Crippen LogP contribution in [0.2, 0.25) is 0 Å². The van der Waals surface area contributed by atoms with E-state index in [1.54, 1.807) is 0 Å². The summed E-state index contributed by atoms with van der Waals surface area (Å²) in [7, 11) is 0. The molecule has 1 aromatic carbocycles. The largest absolute Gasteiger partial charge is 0.388 e. The van der Waals surface area contributed by atoms with Crippen molar-refractivity contribution < 1.29 is 14.8 Å². The number of rotatable bonds is 3. The van der Waals surface area contributed by atoms with Gasteiger partial charge in [0, 0.05) is 24.5 Å². The molecule has 5 heteroatoms. The first-order chi connectivity index (χ1) is 8.09. The lowest BCUT2D eigenvalue weighted by Crippen LogP contribution is -2.16. The average molecular weight is 235 g/mol. The van der Waals surface area contributed by atoms with Gasteiger partial charge in [0.25, 0.3) is 5.69 Å².